The summed E-state index contributed by atoms with van der Waals surface area (Å²) in [4.78, 5) is 33.5. The van der Waals surface area contributed by atoms with E-state index in [2.05, 4.69) is 38.0 Å². The quantitative estimate of drug-likeness (QED) is 0.465. The molecule has 2 aromatic rings. The molecule has 8 heteroatoms. The monoisotopic (exact) mass is 448 g/mol. The number of carbonyl (C=O) groups is 2. The molecule has 0 radical (unpaired) electrons. The second kappa shape index (κ2) is 10.8. The maximum Gasteiger partial charge on any atom is 0.244 e. The molecule has 4 rings (SSSR count). The number of para-hydroxylation sites is 2. The molecule has 174 valence electrons. The lowest BCUT2D eigenvalue weighted by atomic mass is 9.90. The Kier molecular flexibility index (Phi) is 7.44. The van der Waals surface area contributed by atoms with Gasteiger partial charge in [0.15, 0.2) is 5.96 Å². The first-order chi connectivity index (χ1) is 16.1. The fraction of sp³-hybridized carbons (Fsp3) is 0.400. The Morgan fingerprint density at radius 1 is 1.03 bits per heavy atom. The first-order valence-corrected chi connectivity index (χ1v) is 11.6. The van der Waals surface area contributed by atoms with Gasteiger partial charge in [-0.2, -0.15) is 0 Å². The van der Waals surface area contributed by atoms with Crippen molar-refractivity contribution in [2.45, 2.75) is 19.3 Å². The van der Waals surface area contributed by atoms with Crippen LogP contribution in [0.3, 0.4) is 0 Å². The topological polar surface area (TPSA) is 89.1 Å². The molecular weight excluding hydrogens is 416 g/mol. The first kappa shape index (κ1) is 22.6. The zero-order valence-electron chi connectivity index (χ0n) is 19.1. The van der Waals surface area contributed by atoms with E-state index in [0.29, 0.717) is 38.6 Å². The molecule has 0 spiro atoms. The molecule has 8 nitrogen and oxygen atoms in total. The molecule has 2 heterocycles. The van der Waals surface area contributed by atoms with Gasteiger partial charge in [-0.3, -0.25) is 9.59 Å². The number of guanidine groups is 1. The van der Waals surface area contributed by atoms with Gasteiger partial charge in [0.05, 0.1) is 0 Å². The van der Waals surface area contributed by atoms with Crippen molar-refractivity contribution in [3.05, 3.63) is 60.2 Å². The van der Waals surface area contributed by atoms with E-state index in [-0.39, 0.29) is 24.3 Å². The maximum absolute atomic E-state index is 12.8. The van der Waals surface area contributed by atoms with Crippen LogP contribution in [-0.2, 0) is 9.59 Å². The predicted octanol–water partition coefficient (Wildman–Crippen LogP) is 2.02. The lowest BCUT2D eigenvalue weighted by Gasteiger charge is -2.36. The summed E-state index contributed by atoms with van der Waals surface area (Å²) >= 11 is 0. The summed E-state index contributed by atoms with van der Waals surface area (Å²) in [5.41, 5.74) is 3.18. The average Bonchev–Trinajstić information content (AvgIpc) is 2.86. The number of hydrogen-bond acceptors (Lipinski definition) is 4. The molecule has 2 aliphatic heterocycles. The highest BCUT2D eigenvalue weighted by molar-refractivity contribution is 5.95. The number of amides is 2. The number of rotatable bonds is 6. The largest absolute Gasteiger partial charge is 0.368 e. The summed E-state index contributed by atoms with van der Waals surface area (Å²) < 4.78 is 0. The molecule has 0 bridgehead atoms. The molecule has 33 heavy (non-hydrogen) atoms. The molecule has 0 saturated carbocycles. The van der Waals surface area contributed by atoms with Gasteiger partial charge >= 0.3 is 0 Å². The van der Waals surface area contributed by atoms with Crippen molar-refractivity contribution in [1.82, 2.24) is 15.5 Å². The number of carbonyl (C=O) groups excluding carboxylic acids is 2. The first-order valence-electron chi connectivity index (χ1n) is 11.6. The van der Waals surface area contributed by atoms with Crippen molar-refractivity contribution in [2.75, 3.05) is 56.0 Å². The van der Waals surface area contributed by atoms with Crippen molar-refractivity contribution in [3.63, 3.8) is 0 Å². The second-order valence-electron chi connectivity index (χ2n) is 8.32. The Labute approximate surface area is 195 Å². The van der Waals surface area contributed by atoms with Crippen molar-refractivity contribution < 1.29 is 9.59 Å². The number of piperazine rings is 1. The normalized spacial score (nSPS) is 18.4. The van der Waals surface area contributed by atoms with Crippen LogP contribution in [0.2, 0.25) is 0 Å². The van der Waals surface area contributed by atoms with E-state index in [1.54, 1.807) is 0 Å². The zero-order chi connectivity index (χ0) is 23.0. The standard InChI is InChI=1S/C25H32N6O2/c1-2-26-25(27-17-19-16-23(32)29-22-11-7-6-10-21(19)22)28-18-24(33)31-14-12-30(13-15-31)20-8-4-3-5-9-20/h3-11,19H,2,12-18H2,1H3,(H,29,32)(H2,26,27,28). The summed E-state index contributed by atoms with van der Waals surface area (Å²) in [6.45, 7) is 6.38. The fourth-order valence-electron chi connectivity index (χ4n) is 4.35. The molecule has 1 saturated heterocycles. The summed E-state index contributed by atoms with van der Waals surface area (Å²) in [6.07, 6.45) is 0.425. The molecule has 2 amide bonds. The number of anilines is 2. The van der Waals surface area contributed by atoms with Crippen LogP contribution in [0.25, 0.3) is 0 Å². The summed E-state index contributed by atoms with van der Waals surface area (Å²) in [7, 11) is 0. The third kappa shape index (κ3) is 5.83. The van der Waals surface area contributed by atoms with Gasteiger partial charge in [0.2, 0.25) is 11.8 Å². The van der Waals surface area contributed by atoms with Crippen LogP contribution in [0.4, 0.5) is 11.4 Å². The van der Waals surface area contributed by atoms with Gasteiger partial charge in [0.25, 0.3) is 0 Å². The molecule has 0 aliphatic carbocycles. The van der Waals surface area contributed by atoms with Crippen molar-refractivity contribution in [2.24, 2.45) is 4.99 Å². The molecule has 1 unspecified atom stereocenters. The highest BCUT2D eigenvalue weighted by Gasteiger charge is 2.25. The molecule has 1 fully saturated rings. The van der Waals surface area contributed by atoms with Crippen LogP contribution >= 0.6 is 0 Å². The Morgan fingerprint density at radius 2 is 1.76 bits per heavy atom. The lowest BCUT2D eigenvalue weighted by molar-refractivity contribution is -0.129. The Bertz CT molecular complexity index is 985. The fourth-order valence-corrected chi connectivity index (χ4v) is 4.35. The number of benzene rings is 2. The Hall–Kier alpha value is -3.55. The minimum Gasteiger partial charge on any atom is -0.368 e. The minimum atomic E-state index is 0.0206. The van der Waals surface area contributed by atoms with E-state index in [4.69, 9.17) is 0 Å². The van der Waals surface area contributed by atoms with Gasteiger partial charge < -0.3 is 25.8 Å². The van der Waals surface area contributed by atoms with E-state index in [1.165, 1.54) is 5.69 Å². The van der Waals surface area contributed by atoms with Gasteiger partial charge in [-0.25, -0.2) is 4.99 Å². The van der Waals surface area contributed by atoms with Crippen LogP contribution in [0.15, 0.2) is 59.6 Å². The maximum atomic E-state index is 12.8. The van der Waals surface area contributed by atoms with E-state index >= 15 is 0 Å². The number of fused-ring (bicyclic) bond motifs is 1. The van der Waals surface area contributed by atoms with E-state index in [9.17, 15) is 9.59 Å². The summed E-state index contributed by atoms with van der Waals surface area (Å²) in [5.74, 6) is 0.701. The van der Waals surface area contributed by atoms with Gasteiger partial charge in [-0.15, -0.1) is 0 Å². The minimum absolute atomic E-state index is 0.0206. The van der Waals surface area contributed by atoms with Gasteiger partial charge in [-0.05, 0) is 30.7 Å². The third-order valence-corrected chi connectivity index (χ3v) is 6.09. The summed E-state index contributed by atoms with van der Waals surface area (Å²) in [5, 5.41) is 9.45. The van der Waals surface area contributed by atoms with Crippen molar-refractivity contribution in [1.29, 1.82) is 0 Å². The van der Waals surface area contributed by atoms with Crippen LogP contribution in [0, 0.1) is 0 Å². The van der Waals surface area contributed by atoms with Crippen LogP contribution < -0.4 is 20.9 Å². The number of hydrogen-bond donors (Lipinski definition) is 3. The van der Waals surface area contributed by atoms with Gasteiger partial charge in [-0.1, -0.05) is 36.4 Å². The Balaban J connectivity index is 1.30. The molecule has 1 atom stereocenters. The molecule has 2 aromatic carbocycles. The zero-order valence-corrected chi connectivity index (χ0v) is 19.1. The average molecular weight is 449 g/mol. The predicted molar refractivity (Wildman–Crippen MR) is 132 cm³/mol. The smallest absolute Gasteiger partial charge is 0.244 e. The highest BCUT2D eigenvalue weighted by atomic mass is 16.2. The van der Waals surface area contributed by atoms with Crippen LogP contribution in [0.5, 0.6) is 0 Å². The second-order valence-corrected chi connectivity index (χ2v) is 8.32. The van der Waals surface area contributed by atoms with E-state index in [1.807, 2.05) is 54.3 Å². The lowest BCUT2D eigenvalue weighted by Crippen LogP contribution is -2.49. The van der Waals surface area contributed by atoms with Crippen LogP contribution in [-0.4, -0.2) is 68.5 Å². The van der Waals surface area contributed by atoms with E-state index < -0.39 is 0 Å². The molecule has 3 N–H and O–H groups in total. The molecular formula is C25H32N6O2. The molecule has 0 aromatic heterocycles. The number of aliphatic imine (C=N–C) groups is 1. The number of nitrogens with zero attached hydrogens (tertiary/aromatic N) is 3. The highest BCUT2D eigenvalue weighted by Crippen LogP contribution is 2.31. The molecule has 2 aliphatic rings. The van der Waals surface area contributed by atoms with Crippen LogP contribution in [0.1, 0.15) is 24.8 Å². The van der Waals surface area contributed by atoms with Gasteiger partial charge in [0, 0.05) is 63.0 Å². The van der Waals surface area contributed by atoms with Crippen molar-refractivity contribution >= 4 is 29.1 Å². The van der Waals surface area contributed by atoms with Gasteiger partial charge in [0.1, 0.15) is 6.54 Å². The Morgan fingerprint density at radius 3 is 2.52 bits per heavy atom. The summed E-state index contributed by atoms with van der Waals surface area (Å²) in [6, 6.07) is 18.2. The third-order valence-electron chi connectivity index (χ3n) is 6.09. The number of nitrogens with one attached hydrogen (secondary N) is 3. The van der Waals surface area contributed by atoms with Crippen molar-refractivity contribution in [3.8, 4) is 0 Å². The van der Waals surface area contributed by atoms with E-state index in [0.717, 1.165) is 24.3 Å². The SMILES string of the molecule is CCNC(=NCC(=O)N1CCN(c2ccccc2)CC1)NCC1CC(=O)Nc2ccccc21.